The van der Waals surface area contributed by atoms with Crippen LogP contribution >= 0.6 is 23.4 Å². The Kier molecular flexibility index (Phi) is 5.58. The lowest BCUT2D eigenvalue weighted by atomic mass is 10.2. The average molecular weight is 294 g/mol. The molecule has 100 valence electrons. The highest BCUT2D eigenvalue weighted by molar-refractivity contribution is 7.99. The fourth-order valence-electron chi connectivity index (χ4n) is 1.59. The van der Waals surface area contributed by atoms with Crippen molar-refractivity contribution in [1.29, 1.82) is 0 Å². The topological polar surface area (TPSA) is 35.2 Å². The second kappa shape index (κ2) is 7.43. The molecule has 0 amide bonds. The van der Waals surface area contributed by atoms with Crippen molar-refractivity contribution in [2.45, 2.75) is 11.4 Å². The summed E-state index contributed by atoms with van der Waals surface area (Å²) in [7, 11) is 0. The van der Waals surface area contributed by atoms with E-state index in [1.807, 2.05) is 48.5 Å². The Morgan fingerprint density at radius 2 is 1.79 bits per heavy atom. The molecule has 0 heterocycles. The molecule has 0 fully saturated rings. The molecule has 2 aromatic carbocycles. The van der Waals surface area contributed by atoms with E-state index >= 15 is 0 Å². The van der Waals surface area contributed by atoms with E-state index in [2.05, 4.69) is 0 Å². The van der Waals surface area contributed by atoms with Gasteiger partial charge in [0.25, 0.3) is 0 Å². The molecule has 0 aliphatic carbocycles. The predicted molar refractivity (Wildman–Crippen MR) is 82.0 cm³/mol. The Balaban J connectivity index is 1.76. The Morgan fingerprint density at radius 3 is 2.47 bits per heavy atom. The third kappa shape index (κ3) is 4.46. The maximum Gasteiger partial charge on any atom is 0.119 e. The smallest absolute Gasteiger partial charge is 0.119 e. The van der Waals surface area contributed by atoms with E-state index < -0.39 is 0 Å². The highest BCUT2D eigenvalue weighted by atomic mass is 35.5. The van der Waals surface area contributed by atoms with Crippen LogP contribution in [-0.2, 0) is 6.54 Å². The Morgan fingerprint density at radius 1 is 1.05 bits per heavy atom. The highest BCUT2D eigenvalue weighted by Gasteiger charge is 2.00. The van der Waals surface area contributed by atoms with Crippen LogP contribution in [0.25, 0.3) is 0 Å². The van der Waals surface area contributed by atoms with Gasteiger partial charge >= 0.3 is 0 Å². The molecule has 2 N–H and O–H groups in total. The van der Waals surface area contributed by atoms with Gasteiger partial charge in [0.2, 0.25) is 0 Å². The quantitative estimate of drug-likeness (QED) is 0.646. The molecule has 0 bridgehead atoms. The molecular weight excluding hydrogens is 278 g/mol. The molecule has 0 spiro atoms. The second-order valence-electron chi connectivity index (χ2n) is 3.98. The normalized spacial score (nSPS) is 10.4. The molecule has 0 saturated heterocycles. The summed E-state index contributed by atoms with van der Waals surface area (Å²) in [4.78, 5) is 1.09. The molecule has 2 nitrogen and oxygen atoms in total. The van der Waals surface area contributed by atoms with E-state index in [0.29, 0.717) is 13.2 Å². The lowest BCUT2D eigenvalue weighted by Crippen LogP contribution is -2.01. The average Bonchev–Trinajstić information content (AvgIpc) is 2.46. The molecule has 0 radical (unpaired) electrons. The lowest BCUT2D eigenvalue weighted by molar-refractivity contribution is 0.344. The molecule has 0 aliphatic rings. The number of hydrogen-bond donors (Lipinski definition) is 1. The third-order valence-corrected chi connectivity index (χ3v) is 4.08. The van der Waals surface area contributed by atoms with Crippen LogP contribution < -0.4 is 10.5 Å². The van der Waals surface area contributed by atoms with Crippen molar-refractivity contribution in [3.8, 4) is 5.75 Å². The summed E-state index contributed by atoms with van der Waals surface area (Å²) in [6, 6.07) is 15.7. The SMILES string of the molecule is NCc1ccc(OCCSc2ccccc2Cl)cc1. The standard InChI is InChI=1S/C15H16ClNOS/c16-14-3-1-2-4-15(14)19-10-9-18-13-7-5-12(11-17)6-8-13/h1-8H,9-11,17H2. The third-order valence-electron chi connectivity index (χ3n) is 2.61. The minimum atomic E-state index is 0.558. The zero-order chi connectivity index (χ0) is 13.5. The predicted octanol–water partition coefficient (Wildman–Crippen LogP) is 3.97. The van der Waals surface area contributed by atoms with Crippen molar-refractivity contribution in [1.82, 2.24) is 0 Å². The molecule has 2 aromatic rings. The number of ether oxygens (including phenoxy) is 1. The van der Waals surface area contributed by atoms with Gasteiger partial charge in [-0.05, 0) is 29.8 Å². The van der Waals surface area contributed by atoms with Gasteiger partial charge in [0.15, 0.2) is 0 Å². The van der Waals surface area contributed by atoms with Crippen molar-refractivity contribution < 1.29 is 4.74 Å². The molecule has 0 aromatic heterocycles. The van der Waals surface area contributed by atoms with Gasteiger partial charge < -0.3 is 10.5 Å². The number of halogens is 1. The van der Waals surface area contributed by atoms with Crippen LogP contribution in [0, 0.1) is 0 Å². The summed E-state index contributed by atoms with van der Waals surface area (Å²) in [5.41, 5.74) is 6.65. The molecule has 19 heavy (non-hydrogen) atoms. The number of benzene rings is 2. The summed E-state index contributed by atoms with van der Waals surface area (Å²) in [6.07, 6.45) is 0. The van der Waals surface area contributed by atoms with Gasteiger partial charge in [-0.1, -0.05) is 35.9 Å². The first-order valence-electron chi connectivity index (χ1n) is 6.09. The molecule has 4 heteroatoms. The fourth-order valence-corrected chi connectivity index (χ4v) is 2.66. The monoisotopic (exact) mass is 293 g/mol. The van der Waals surface area contributed by atoms with Crippen molar-refractivity contribution >= 4 is 23.4 Å². The van der Waals surface area contributed by atoms with E-state index in [9.17, 15) is 0 Å². The maximum absolute atomic E-state index is 6.08. The fraction of sp³-hybridized carbons (Fsp3) is 0.200. The Labute approximate surface area is 122 Å². The zero-order valence-electron chi connectivity index (χ0n) is 10.5. The largest absolute Gasteiger partial charge is 0.493 e. The summed E-state index contributed by atoms with van der Waals surface area (Å²) in [5, 5.41) is 0.791. The van der Waals surface area contributed by atoms with E-state index in [1.54, 1.807) is 11.8 Å². The van der Waals surface area contributed by atoms with E-state index in [-0.39, 0.29) is 0 Å². The first-order valence-corrected chi connectivity index (χ1v) is 7.45. The zero-order valence-corrected chi connectivity index (χ0v) is 12.1. The van der Waals surface area contributed by atoms with Crippen LogP contribution in [0.5, 0.6) is 5.75 Å². The van der Waals surface area contributed by atoms with Crippen LogP contribution in [0.15, 0.2) is 53.4 Å². The van der Waals surface area contributed by atoms with Gasteiger partial charge in [0, 0.05) is 17.2 Å². The number of rotatable bonds is 6. The first kappa shape index (κ1) is 14.3. The molecule has 0 unspecified atom stereocenters. The van der Waals surface area contributed by atoms with Crippen LogP contribution in [0.3, 0.4) is 0 Å². The van der Waals surface area contributed by atoms with Crippen molar-refractivity contribution in [3.63, 3.8) is 0 Å². The minimum absolute atomic E-state index is 0.558. The van der Waals surface area contributed by atoms with Crippen molar-refractivity contribution in [2.75, 3.05) is 12.4 Å². The van der Waals surface area contributed by atoms with Gasteiger partial charge in [0.05, 0.1) is 11.6 Å². The number of nitrogens with two attached hydrogens (primary N) is 1. The second-order valence-corrected chi connectivity index (χ2v) is 5.52. The molecule has 0 atom stereocenters. The molecular formula is C15H16ClNOS. The maximum atomic E-state index is 6.08. The van der Waals surface area contributed by atoms with Crippen LogP contribution in [0.4, 0.5) is 0 Å². The molecule has 2 rings (SSSR count). The van der Waals surface area contributed by atoms with Gasteiger partial charge in [-0.3, -0.25) is 0 Å². The van der Waals surface area contributed by atoms with E-state index in [4.69, 9.17) is 22.1 Å². The van der Waals surface area contributed by atoms with Crippen molar-refractivity contribution in [2.24, 2.45) is 5.73 Å². The lowest BCUT2D eigenvalue weighted by Gasteiger charge is -2.07. The number of thioether (sulfide) groups is 1. The number of hydrogen-bond acceptors (Lipinski definition) is 3. The van der Waals surface area contributed by atoms with Crippen LogP contribution in [0.2, 0.25) is 5.02 Å². The van der Waals surface area contributed by atoms with Crippen LogP contribution in [0.1, 0.15) is 5.56 Å². The Bertz CT molecular complexity index is 516. The van der Waals surface area contributed by atoms with Gasteiger partial charge in [0.1, 0.15) is 5.75 Å². The summed E-state index contributed by atoms with van der Waals surface area (Å²) < 4.78 is 5.66. The van der Waals surface area contributed by atoms with Crippen LogP contribution in [-0.4, -0.2) is 12.4 Å². The molecule has 0 aliphatic heterocycles. The van der Waals surface area contributed by atoms with Crippen molar-refractivity contribution in [3.05, 3.63) is 59.1 Å². The van der Waals surface area contributed by atoms with E-state index in [1.165, 1.54) is 0 Å². The summed E-state index contributed by atoms with van der Waals surface area (Å²) >= 11 is 7.78. The van der Waals surface area contributed by atoms with Gasteiger partial charge in [-0.2, -0.15) is 0 Å². The van der Waals surface area contributed by atoms with Gasteiger partial charge in [-0.15, -0.1) is 11.8 Å². The summed E-state index contributed by atoms with van der Waals surface area (Å²) in [5.74, 6) is 1.74. The first-order chi connectivity index (χ1) is 9.29. The highest BCUT2D eigenvalue weighted by Crippen LogP contribution is 2.26. The summed E-state index contributed by atoms with van der Waals surface area (Å²) in [6.45, 7) is 1.21. The van der Waals surface area contributed by atoms with Gasteiger partial charge in [-0.25, -0.2) is 0 Å². The minimum Gasteiger partial charge on any atom is -0.493 e. The Hall–Kier alpha value is -1.16. The van der Waals surface area contributed by atoms with E-state index in [0.717, 1.165) is 27.0 Å². The molecule has 0 saturated carbocycles.